The van der Waals surface area contributed by atoms with E-state index in [-0.39, 0.29) is 23.1 Å². The maximum absolute atomic E-state index is 12.7. The second-order valence-corrected chi connectivity index (χ2v) is 9.51. The summed E-state index contributed by atoms with van der Waals surface area (Å²) in [5.74, 6) is -3.94. The Bertz CT molecular complexity index is 1130. The van der Waals surface area contributed by atoms with E-state index in [0.717, 1.165) is 6.26 Å². The van der Waals surface area contributed by atoms with Crippen molar-refractivity contribution in [3.8, 4) is 0 Å². The van der Waals surface area contributed by atoms with Crippen molar-refractivity contribution in [3.63, 3.8) is 0 Å². The van der Waals surface area contributed by atoms with Gasteiger partial charge in [-0.05, 0) is 42.8 Å². The van der Waals surface area contributed by atoms with Crippen LogP contribution in [0.4, 0.5) is 0 Å². The molecule has 1 atom stereocenters. The van der Waals surface area contributed by atoms with Crippen molar-refractivity contribution in [2.45, 2.75) is 12.5 Å². The van der Waals surface area contributed by atoms with Crippen molar-refractivity contribution in [3.05, 3.63) is 70.2 Å². The van der Waals surface area contributed by atoms with Crippen LogP contribution >= 0.6 is 11.6 Å². The summed E-state index contributed by atoms with van der Waals surface area (Å²) < 4.78 is 23.1. The molecule has 2 aromatic carbocycles. The molecular formula is C20H17ClN2O7S. The maximum atomic E-state index is 12.7. The molecule has 1 aliphatic rings. The van der Waals surface area contributed by atoms with Crippen molar-refractivity contribution in [2.24, 2.45) is 0 Å². The number of carbonyl (C=O) groups is 4. The summed E-state index contributed by atoms with van der Waals surface area (Å²) in [7, 11) is -3.48. The number of benzene rings is 2. The topological polar surface area (TPSA) is 127 Å². The Labute approximate surface area is 182 Å². The summed E-state index contributed by atoms with van der Waals surface area (Å²) >= 11 is 5.79. The molecule has 3 amide bonds. The highest BCUT2D eigenvalue weighted by atomic mass is 35.5. The van der Waals surface area contributed by atoms with Gasteiger partial charge < -0.3 is 10.2 Å². The zero-order valence-electron chi connectivity index (χ0n) is 16.2. The Balaban J connectivity index is 1.77. The van der Waals surface area contributed by atoms with E-state index in [4.69, 9.17) is 16.4 Å². The maximum Gasteiger partial charge on any atom is 0.355 e. The van der Waals surface area contributed by atoms with Gasteiger partial charge in [0.15, 0.2) is 0 Å². The Morgan fingerprint density at radius 2 is 1.58 bits per heavy atom. The molecule has 0 radical (unpaired) electrons. The highest BCUT2D eigenvalue weighted by Gasteiger charge is 2.40. The molecule has 0 saturated heterocycles. The van der Waals surface area contributed by atoms with Crippen molar-refractivity contribution >= 4 is 45.1 Å². The molecule has 0 fully saturated rings. The van der Waals surface area contributed by atoms with Gasteiger partial charge in [0.2, 0.25) is 0 Å². The van der Waals surface area contributed by atoms with Crippen LogP contribution in [0.5, 0.6) is 0 Å². The molecule has 1 N–H and O–H groups in total. The second kappa shape index (κ2) is 8.86. The average molecular weight is 465 g/mol. The molecule has 31 heavy (non-hydrogen) atoms. The predicted molar refractivity (Wildman–Crippen MR) is 110 cm³/mol. The van der Waals surface area contributed by atoms with E-state index in [1.165, 1.54) is 36.4 Å². The van der Waals surface area contributed by atoms with Gasteiger partial charge in [0.1, 0.15) is 15.9 Å². The first-order valence-corrected chi connectivity index (χ1v) is 11.4. The monoisotopic (exact) mass is 464 g/mol. The number of hydrogen-bond donors (Lipinski definition) is 1. The van der Waals surface area contributed by atoms with Crippen LogP contribution in [0.15, 0.2) is 48.5 Å². The highest BCUT2D eigenvalue weighted by molar-refractivity contribution is 7.90. The Morgan fingerprint density at radius 3 is 2.10 bits per heavy atom. The molecule has 1 aliphatic heterocycles. The van der Waals surface area contributed by atoms with E-state index in [1.54, 1.807) is 12.1 Å². The standard InChI is InChI=1S/C20H17ClN2O7S/c1-31(28,29)11-10-16(22-17(24)12-6-8-13(21)9-7-12)20(27)30-23-18(25)14-4-2-3-5-15(14)19(23)26/h2-9,16H,10-11H2,1H3,(H,22,24). The van der Waals surface area contributed by atoms with E-state index in [9.17, 15) is 27.6 Å². The lowest BCUT2D eigenvalue weighted by Crippen LogP contribution is -2.46. The summed E-state index contributed by atoms with van der Waals surface area (Å²) in [6, 6.07) is 10.3. The fraction of sp³-hybridized carbons (Fsp3) is 0.200. The van der Waals surface area contributed by atoms with Crippen molar-refractivity contribution in [1.82, 2.24) is 10.4 Å². The number of nitrogens with zero attached hydrogens (tertiary/aromatic N) is 1. The molecule has 0 aliphatic carbocycles. The van der Waals surface area contributed by atoms with Gasteiger partial charge in [-0.2, -0.15) is 0 Å². The number of amides is 3. The van der Waals surface area contributed by atoms with Crippen LogP contribution in [0.2, 0.25) is 5.02 Å². The van der Waals surface area contributed by atoms with Crippen LogP contribution in [0.1, 0.15) is 37.5 Å². The first-order valence-electron chi connectivity index (χ1n) is 9.00. The van der Waals surface area contributed by atoms with Gasteiger partial charge in [0.05, 0.1) is 16.9 Å². The quantitative estimate of drug-likeness (QED) is 0.617. The third-order valence-electron chi connectivity index (χ3n) is 4.41. The number of fused-ring (bicyclic) bond motifs is 1. The van der Waals surface area contributed by atoms with E-state index < -0.39 is 45.3 Å². The third kappa shape index (κ3) is 5.28. The lowest BCUT2D eigenvalue weighted by atomic mass is 10.1. The first kappa shape index (κ1) is 22.4. The van der Waals surface area contributed by atoms with Crippen LogP contribution < -0.4 is 5.32 Å². The molecular weight excluding hydrogens is 448 g/mol. The molecule has 1 heterocycles. The summed E-state index contributed by atoms with van der Waals surface area (Å²) in [6.07, 6.45) is 0.654. The molecule has 11 heteroatoms. The number of carbonyl (C=O) groups excluding carboxylic acids is 4. The van der Waals surface area contributed by atoms with E-state index >= 15 is 0 Å². The third-order valence-corrected chi connectivity index (χ3v) is 5.64. The SMILES string of the molecule is CS(=O)(=O)CCC(NC(=O)c1ccc(Cl)cc1)C(=O)ON1C(=O)c2ccccc2C1=O. The van der Waals surface area contributed by atoms with E-state index in [2.05, 4.69) is 5.32 Å². The molecule has 3 rings (SSSR count). The molecule has 9 nitrogen and oxygen atoms in total. The van der Waals surface area contributed by atoms with Gasteiger partial charge in [0, 0.05) is 16.8 Å². The largest absolute Gasteiger partial charge is 0.355 e. The summed E-state index contributed by atoms with van der Waals surface area (Å²) in [5.41, 5.74) is 0.304. The van der Waals surface area contributed by atoms with Gasteiger partial charge in [0.25, 0.3) is 17.7 Å². The van der Waals surface area contributed by atoms with E-state index in [1.807, 2.05) is 0 Å². The number of nitrogens with one attached hydrogen (secondary N) is 1. The Hall–Kier alpha value is -3.24. The molecule has 0 aromatic heterocycles. The van der Waals surface area contributed by atoms with Crippen LogP contribution in [0, 0.1) is 0 Å². The minimum Gasteiger partial charge on any atom is -0.338 e. The first-order chi connectivity index (χ1) is 14.6. The molecule has 0 saturated carbocycles. The molecule has 0 spiro atoms. The van der Waals surface area contributed by atoms with Gasteiger partial charge in [-0.1, -0.05) is 28.8 Å². The van der Waals surface area contributed by atoms with E-state index in [0.29, 0.717) is 10.1 Å². The Kier molecular flexibility index (Phi) is 6.42. The number of hydroxylamine groups is 2. The highest BCUT2D eigenvalue weighted by Crippen LogP contribution is 2.23. The second-order valence-electron chi connectivity index (χ2n) is 6.81. The molecule has 0 bridgehead atoms. The van der Waals surface area contributed by atoms with Crippen LogP contribution in [-0.2, 0) is 19.5 Å². The molecule has 2 aromatic rings. The number of imide groups is 1. The lowest BCUT2D eigenvalue weighted by molar-refractivity contribution is -0.170. The minimum absolute atomic E-state index is 0.0678. The summed E-state index contributed by atoms with van der Waals surface area (Å²) in [6.45, 7) is 0. The number of halogens is 1. The number of rotatable bonds is 7. The minimum atomic E-state index is -3.48. The van der Waals surface area contributed by atoms with Crippen LogP contribution in [0.25, 0.3) is 0 Å². The van der Waals surface area contributed by atoms with Crippen LogP contribution in [-0.4, -0.2) is 55.2 Å². The fourth-order valence-electron chi connectivity index (χ4n) is 2.83. The molecule has 1 unspecified atom stereocenters. The summed E-state index contributed by atoms with van der Waals surface area (Å²) in [5, 5.41) is 3.08. The van der Waals surface area contributed by atoms with Crippen molar-refractivity contribution in [1.29, 1.82) is 0 Å². The van der Waals surface area contributed by atoms with Gasteiger partial charge >= 0.3 is 5.97 Å². The smallest absolute Gasteiger partial charge is 0.338 e. The normalized spacial score (nSPS) is 14.2. The van der Waals surface area contributed by atoms with Crippen molar-refractivity contribution in [2.75, 3.05) is 12.0 Å². The number of hydrogen-bond acceptors (Lipinski definition) is 7. The fourth-order valence-corrected chi connectivity index (χ4v) is 3.62. The number of sulfone groups is 1. The molecule has 162 valence electrons. The Morgan fingerprint density at radius 1 is 1.03 bits per heavy atom. The zero-order chi connectivity index (χ0) is 22.8. The average Bonchev–Trinajstić information content (AvgIpc) is 2.96. The zero-order valence-corrected chi connectivity index (χ0v) is 17.8. The van der Waals surface area contributed by atoms with Gasteiger partial charge in [-0.3, -0.25) is 14.4 Å². The van der Waals surface area contributed by atoms with Crippen molar-refractivity contribution < 1.29 is 32.4 Å². The summed E-state index contributed by atoms with van der Waals surface area (Å²) in [4.78, 5) is 54.9. The lowest BCUT2D eigenvalue weighted by Gasteiger charge is -2.20. The van der Waals surface area contributed by atoms with Gasteiger partial charge in [-0.15, -0.1) is 0 Å². The van der Waals surface area contributed by atoms with Crippen LogP contribution in [0.3, 0.4) is 0 Å². The van der Waals surface area contributed by atoms with Gasteiger partial charge in [-0.25, -0.2) is 13.2 Å². The predicted octanol–water partition coefficient (Wildman–Crippen LogP) is 1.63.